The summed E-state index contributed by atoms with van der Waals surface area (Å²) in [7, 11) is 0. The SMILES string of the molecule is Cc1nc(-c2cccc(Cl)c2)sc1C(=O)N1CCC[C@H]1c1nc2ccccc2[nH]1. The molecule has 7 heteroatoms. The van der Waals surface area contributed by atoms with E-state index in [9.17, 15) is 4.79 Å². The van der Waals surface area contributed by atoms with Crippen molar-refractivity contribution in [2.75, 3.05) is 6.54 Å². The lowest BCUT2D eigenvalue weighted by Gasteiger charge is -2.22. The fourth-order valence-corrected chi connectivity index (χ4v) is 5.10. The van der Waals surface area contributed by atoms with E-state index in [2.05, 4.69) is 9.97 Å². The van der Waals surface area contributed by atoms with Gasteiger partial charge in [0, 0.05) is 17.1 Å². The number of likely N-dealkylation sites (tertiary alicyclic amines) is 1. The second-order valence-electron chi connectivity index (χ2n) is 7.24. The van der Waals surface area contributed by atoms with Gasteiger partial charge in [0.2, 0.25) is 0 Å². The Morgan fingerprint density at radius 1 is 1.21 bits per heavy atom. The average Bonchev–Trinajstić information content (AvgIpc) is 3.44. The van der Waals surface area contributed by atoms with Gasteiger partial charge in [-0.2, -0.15) is 0 Å². The first-order valence-corrected chi connectivity index (χ1v) is 10.8. The van der Waals surface area contributed by atoms with Gasteiger partial charge >= 0.3 is 0 Å². The molecule has 5 rings (SSSR count). The molecular weight excluding hydrogens is 404 g/mol. The Morgan fingerprint density at radius 3 is 2.90 bits per heavy atom. The van der Waals surface area contributed by atoms with Crippen LogP contribution in [0.15, 0.2) is 48.5 Å². The Bertz CT molecular complexity index is 1180. The Morgan fingerprint density at radius 2 is 2.07 bits per heavy atom. The van der Waals surface area contributed by atoms with Crippen LogP contribution in [0.5, 0.6) is 0 Å². The van der Waals surface area contributed by atoms with E-state index >= 15 is 0 Å². The van der Waals surface area contributed by atoms with Crippen LogP contribution in [0.2, 0.25) is 5.02 Å². The number of amides is 1. The highest BCUT2D eigenvalue weighted by molar-refractivity contribution is 7.17. The molecule has 0 saturated carbocycles. The summed E-state index contributed by atoms with van der Waals surface area (Å²) in [5.74, 6) is 0.880. The van der Waals surface area contributed by atoms with Crippen LogP contribution >= 0.6 is 22.9 Å². The zero-order chi connectivity index (χ0) is 20.0. The van der Waals surface area contributed by atoms with E-state index in [-0.39, 0.29) is 11.9 Å². The highest BCUT2D eigenvalue weighted by atomic mass is 35.5. The molecule has 1 fully saturated rings. The molecule has 5 nitrogen and oxygen atoms in total. The van der Waals surface area contributed by atoms with Gasteiger partial charge < -0.3 is 9.88 Å². The van der Waals surface area contributed by atoms with Crippen LogP contribution in [0, 0.1) is 6.92 Å². The van der Waals surface area contributed by atoms with E-state index in [4.69, 9.17) is 16.6 Å². The first-order valence-electron chi connectivity index (χ1n) is 9.59. The molecule has 1 aliphatic rings. The molecule has 1 amide bonds. The summed E-state index contributed by atoms with van der Waals surface area (Å²) >= 11 is 7.55. The van der Waals surface area contributed by atoms with Crippen molar-refractivity contribution in [3.8, 4) is 10.6 Å². The number of nitrogens with zero attached hydrogens (tertiary/aromatic N) is 3. The molecule has 29 heavy (non-hydrogen) atoms. The maximum atomic E-state index is 13.4. The van der Waals surface area contributed by atoms with Crippen molar-refractivity contribution < 1.29 is 4.79 Å². The van der Waals surface area contributed by atoms with Crippen molar-refractivity contribution in [2.45, 2.75) is 25.8 Å². The molecule has 0 spiro atoms. The highest BCUT2D eigenvalue weighted by Crippen LogP contribution is 2.36. The minimum Gasteiger partial charge on any atom is -0.340 e. The summed E-state index contributed by atoms with van der Waals surface area (Å²) in [5.41, 5.74) is 3.61. The van der Waals surface area contributed by atoms with E-state index in [0.29, 0.717) is 9.90 Å². The molecule has 3 heterocycles. The number of fused-ring (bicyclic) bond motifs is 1. The molecule has 0 radical (unpaired) electrons. The minimum absolute atomic E-state index is 0.0243. The monoisotopic (exact) mass is 422 g/mol. The Balaban J connectivity index is 1.46. The first kappa shape index (κ1) is 18.3. The van der Waals surface area contributed by atoms with Crippen molar-refractivity contribution >= 4 is 39.9 Å². The van der Waals surface area contributed by atoms with Crippen LogP contribution in [0.25, 0.3) is 21.6 Å². The Kier molecular flexibility index (Phi) is 4.60. The topological polar surface area (TPSA) is 61.9 Å². The number of aromatic amines is 1. The third-order valence-corrected chi connectivity index (χ3v) is 6.73. The van der Waals surface area contributed by atoms with Crippen molar-refractivity contribution in [1.29, 1.82) is 0 Å². The quantitative estimate of drug-likeness (QED) is 0.465. The molecule has 146 valence electrons. The van der Waals surface area contributed by atoms with Gasteiger partial charge in [0.15, 0.2) is 0 Å². The molecule has 1 atom stereocenters. The number of nitrogens with one attached hydrogen (secondary N) is 1. The van der Waals surface area contributed by atoms with Crippen molar-refractivity contribution in [1.82, 2.24) is 19.9 Å². The zero-order valence-electron chi connectivity index (χ0n) is 15.9. The fourth-order valence-electron chi connectivity index (χ4n) is 3.89. The van der Waals surface area contributed by atoms with Crippen LogP contribution in [0.3, 0.4) is 0 Å². The van der Waals surface area contributed by atoms with E-state index in [1.807, 2.05) is 60.4 Å². The summed E-state index contributed by atoms with van der Waals surface area (Å²) in [5, 5.41) is 1.47. The zero-order valence-corrected chi connectivity index (χ0v) is 17.4. The Labute approximate surface area is 177 Å². The molecule has 4 aromatic rings. The number of para-hydroxylation sites is 2. The van der Waals surface area contributed by atoms with Crippen LogP contribution in [-0.2, 0) is 0 Å². The molecule has 2 aromatic heterocycles. The number of benzene rings is 2. The molecule has 1 saturated heterocycles. The molecule has 0 bridgehead atoms. The van der Waals surface area contributed by atoms with Crippen LogP contribution in [0.4, 0.5) is 0 Å². The first-order chi connectivity index (χ1) is 14.1. The van der Waals surface area contributed by atoms with E-state index < -0.39 is 0 Å². The molecule has 0 aliphatic carbocycles. The second kappa shape index (κ2) is 7.28. The third kappa shape index (κ3) is 3.32. The number of imidazole rings is 1. The lowest BCUT2D eigenvalue weighted by Crippen LogP contribution is -2.31. The second-order valence-corrected chi connectivity index (χ2v) is 8.68. The number of carbonyl (C=O) groups is 1. The van der Waals surface area contributed by atoms with Gasteiger partial charge in [-0.15, -0.1) is 11.3 Å². The van der Waals surface area contributed by atoms with Gasteiger partial charge in [-0.25, -0.2) is 9.97 Å². The number of hydrogen-bond acceptors (Lipinski definition) is 4. The average molecular weight is 423 g/mol. The lowest BCUT2D eigenvalue weighted by atomic mass is 10.2. The predicted octanol–water partition coefficient (Wildman–Crippen LogP) is 5.63. The summed E-state index contributed by atoms with van der Waals surface area (Å²) in [6.07, 6.45) is 1.87. The predicted molar refractivity (Wildman–Crippen MR) is 116 cm³/mol. The lowest BCUT2D eigenvalue weighted by molar-refractivity contribution is 0.0734. The van der Waals surface area contributed by atoms with Crippen molar-refractivity contribution in [3.63, 3.8) is 0 Å². The molecule has 1 aliphatic heterocycles. The number of rotatable bonds is 3. The molecular formula is C22H19ClN4OS. The van der Waals surface area contributed by atoms with Gasteiger partial charge in [0.05, 0.1) is 22.8 Å². The van der Waals surface area contributed by atoms with Crippen molar-refractivity contribution in [2.24, 2.45) is 0 Å². The Hall–Kier alpha value is -2.70. The van der Waals surface area contributed by atoms with E-state index in [1.54, 1.807) is 0 Å². The maximum Gasteiger partial charge on any atom is 0.266 e. The summed E-state index contributed by atoms with van der Waals surface area (Å²) in [4.78, 5) is 28.8. The van der Waals surface area contributed by atoms with Gasteiger partial charge in [-0.1, -0.05) is 35.9 Å². The van der Waals surface area contributed by atoms with E-state index in [1.165, 1.54) is 11.3 Å². The number of aromatic nitrogens is 3. The van der Waals surface area contributed by atoms with Crippen molar-refractivity contribution in [3.05, 3.63) is 69.9 Å². The van der Waals surface area contributed by atoms with Crippen LogP contribution in [0.1, 0.15) is 40.1 Å². The number of halogens is 1. The normalized spacial score (nSPS) is 16.6. The summed E-state index contributed by atoms with van der Waals surface area (Å²) in [6.45, 7) is 2.62. The number of aryl methyl sites for hydroxylation is 1. The van der Waals surface area contributed by atoms with E-state index in [0.717, 1.165) is 52.5 Å². The van der Waals surface area contributed by atoms with Crippen LogP contribution < -0.4 is 0 Å². The maximum absolute atomic E-state index is 13.4. The van der Waals surface area contributed by atoms with Gasteiger partial charge in [0.25, 0.3) is 5.91 Å². The molecule has 0 unspecified atom stereocenters. The number of carbonyl (C=O) groups excluding carboxylic acids is 1. The molecule has 2 aromatic carbocycles. The standard InChI is InChI=1S/C22H19ClN4OS/c1-13-19(29-21(24-13)14-6-4-7-15(23)12-14)22(28)27-11-5-10-18(27)20-25-16-8-2-3-9-17(16)26-20/h2-4,6-9,12,18H,5,10-11H2,1H3,(H,25,26)/t18-/m0/s1. The largest absolute Gasteiger partial charge is 0.340 e. The van der Waals surface area contributed by atoms with Crippen LogP contribution in [-0.4, -0.2) is 32.3 Å². The minimum atomic E-state index is -0.0361. The van der Waals surface area contributed by atoms with Gasteiger partial charge in [0.1, 0.15) is 15.7 Å². The number of H-pyrrole nitrogens is 1. The van der Waals surface area contributed by atoms with Gasteiger partial charge in [-0.3, -0.25) is 4.79 Å². The summed E-state index contributed by atoms with van der Waals surface area (Å²) in [6, 6.07) is 15.5. The number of hydrogen-bond donors (Lipinski definition) is 1. The third-order valence-electron chi connectivity index (χ3n) is 5.30. The molecule has 1 N–H and O–H groups in total. The number of thiazole rings is 1. The fraction of sp³-hybridized carbons (Fsp3) is 0.227. The summed E-state index contributed by atoms with van der Waals surface area (Å²) < 4.78 is 0. The highest BCUT2D eigenvalue weighted by Gasteiger charge is 2.34. The van der Waals surface area contributed by atoms with Gasteiger partial charge in [-0.05, 0) is 44.0 Å². The smallest absolute Gasteiger partial charge is 0.266 e.